The molecule has 2 aliphatic heterocycles. The molecule has 9 heteroatoms. The van der Waals surface area contributed by atoms with Crippen LogP contribution in [-0.4, -0.2) is 53.7 Å². The normalized spacial score (nSPS) is 17.8. The Hall–Kier alpha value is -3.33. The smallest absolute Gasteiger partial charge is 0.286 e. The lowest BCUT2D eigenvalue weighted by molar-refractivity contribution is -0.384. The maximum absolute atomic E-state index is 12.5. The van der Waals surface area contributed by atoms with E-state index in [9.17, 15) is 14.9 Å². The van der Waals surface area contributed by atoms with Crippen molar-refractivity contribution in [3.05, 3.63) is 69.1 Å². The summed E-state index contributed by atoms with van der Waals surface area (Å²) in [7, 11) is 0. The summed E-state index contributed by atoms with van der Waals surface area (Å²) < 4.78 is 5.64. The number of nitrogens with zero attached hydrogens (tertiary/aromatic N) is 4. The molecule has 0 atom stereocenters. The van der Waals surface area contributed by atoms with Crippen molar-refractivity contribution >= 4 is 40.3 Å². The van der Waals surface area contributed by atoms with Gasteiger partial charge in [0.2, 0.25) is 0 Å². The van der Waals surface area contributed by atoms with Crippen LogP contribution in [0.4, 0.5) is 11.4 Å². The fourth-order valence-corrected chi connectivity index (χ4v) is 4.46. The number of carbonyl (C=O) groups excluding carboxylic acids is 1. The van der Waals surface area contributed by atoms with E-state index < -0.39 is 4.92 Å². The molecule has 31 heavy (non-hydrogen) atoms. The topological polar surface area (TPSA) is 88.3 Å². The Labute approximate surface area is 184 Å². The average Bonchev–Trinajstić information content (AvgIpc) is 3.15. The average molecular weight is 439 g/mol. The van der Waals surface area contributed by atoms with Gasteiger partial charge < -0.3 is 14.5 Å². The van der Waals surface area contributed by atoms with Crippen LogP contribution < -0.4 is 9.64 Å². The summed E-state index contributed by atoms with van der Waals surface area (Å²) >= 11 is 1.39. The standard InChI is InChI=1S/C22H22N4O4S/c1-2-30-19-6-4-3-5-16(19)15-20-21(27)23-22(31-20)25-13-11-24(12-14-25)17-7-9-18(10-8-17)26(28)29/h3-10,15H,2,11-14H2,1H3/b20-15+. The Morgan fingerprint density at radius 3 is 2.45 bits per heavy atom. The second-order valence-corrected chi connectivity index (χ2v) is 8.04. The van der Waals surface area contributed by atoms with E-state index in [0.29, 0.717) is 16.7 Å². The molecular formula is C22H22N4O4S. The van der Waals surface area contributed by atoms with Crippen LogP contribution in [0, 0.1) is 10.1 Å². The molecule has 0 spiro atoms. The lowest BCUT2D eigenvalue weighted by Gasteiger charge is -2.36. The summed E-state index contributed by atoms with van der Waals surface area (Å²) in [5.41, 5.74) is 1.90. The Bertz CT molecular complexity index is 1040. The number of non-ortho nitro benzene ring substituents is 1. The monoisotopic (exact) mass is 438 g/mol. The third-order valence-corrected chi connectivity index (χ3v) is 6.13. The number of para-hydroxylation sites is 1. The van der Waals surface area contributed by atoms with Gasteiger partial charge in [0, 0.05) is 49.6 Å². The van der Waals surface area contributed by atoms with E-state index in [1.54, 1.807) is 12.1 Å². The Kier molecular flexibility index (Phi) is 6.22. The van der Waals surface area contributed by atoms with Gasteiger partial charge in [-0.25, -0.2) is 0 Å². The summed E-state index contributed by atoms with van der Waals surface area (Å²) in [5.74, 6) is 0.514. The molecule has 2 aliphatic rings. The molecule has 0 bridgehead atoms. The number of amides is 1. The van der Waals surface area contributed by atoms with Crippen LogP contribution in [0.1, 0.15) is 12.5 Å². The molecule has 0 unspecified atom stereocenters. The number of aliphatic imine (C=N–C) groups is 1. The molecule has 2 aromatic rings. The van der Waals surface area contributed by atoms with Gasteiger partial charge in [0.25, 0.3) is 11.6 Å². The summed E-state index contributed by atoms with van der Waals surface area (Å²) in [6.07, 6.45) is 1.83. The molecule has 0 aromatic heterocycles. The molecular weight excluding hydrogens is 416 g/mol. The number of rotatable bonds is 5. The van der Waals surface area contributed by atoms with Crippen LogP contribution in [0.15, 0.2) is 58.4 Å². The Balaban J connectivity index is 1.39. The molecule has 0 aliphatic carbocycles. The molecule has 1 saturated heterocycles. The highest BCUT2D eigenvalue weighted by Gasteiger charge is 2.29. The lowest BCUT2D eigenvalue weighted by Crippen LogP contribution is -2.47. The predicted molar refractivity (Wildman–Crippen MR) is 123 cm³/mol. The van der Waals surface area contributed by atoms with Gasteiger partial charge in [0.05, 0.1) is 16.4 Å². The van der Waals surface area contributed by atoms with E-state index >= 15 is 0 Å². The second-order valence-electron chi connectivity index (χ2n) is 7.03. The number of benzene rings is 2. The highest BCUT2D eigenvalue weighted by Crippen LogP contribution is 2.33. The Morgan fingerprint density at radius 1 is 1.10 bits per heavy atom. The summed E-state index contributed by atoms with van der Waals surface area (Å²) in [6, 6.07) is 14.2. The van der Waals surface area contributed by atoms with Crippen LogP contribution in [0.25, 0.3) is 6.08 Å². The molecule has 2 heterocycles. The van der Waals surface area contributed by atoms with E-state index in [2.05, 4.69) is 14.8 Å². The zero-order valence-electron chi connectivity index (χ0n) is 17.1. The van der Waals surface area contributed by atoms with Crippen LogP contribution in [0.5, 0.6) is 5.75 Å². The second kappa shape index (κ2) is 9.22. The minimum Gasteiger partial charge on any atom is -0.493 e. The number of piperazine rings is 1. The van der Waals surface area contributed by atoms with Gasteiger partial charge in [-0.2, -0.15) is 4.99 Å². The van der Waals surface area contributed by atoms with Gasteiger partial charge in [0.15, 0.2) is 5.17 Å². The van der Waals surface area contributed by atoms with Crippen LogP contribution in [-0.2, 0) is 4.79 Å². The van der Waals surface area contributed by atoms with Crippen molar-refractivity contribution in [2.24, 2.45) is 4.99 Å². The molecule has 0 radical (unpaired) electrons. The number of hydrogen-bond donors (Lipinski definition) is 0. The first kappa shape index (κ1) is 20.9. The van der Waals surface area contributed by atoms with Crippen molar-refractivity contribution in [1.29, 1.82) is 0 Å². The van der Waals surface area contributed by atoms with Crippen molar-refractivity contribution < 1.29 is 14.5 Å². The quantitative estimate of drug-likeness (QED) is 0.399. The fourth-order valence-electron chi connectivity index (χ4n) is 3.50. The van der Waals surface area contributed by atoms with Crippen LogP contribution in [0.3, 0.4) is 0 Å². The van der Waals surface area contributed by atoms with Gasteiger partial charge >= 0.3 is 0 Å². The Morgan fingerprint density at radius 2 is 1.77 bits per heavy atom. The first-order valence-electron chi connectivity index (χ1n) is 10.0. The maximum Gasteiger partial charge on any atom is 0.286 e. The number of amidine groups is 1. The van der Waals surface area contributed by atoms with E-state index in [-0.39, 0.29) is 11.6 Å². The number of ether oxygens (including phenoxy) is 1. The van der Waals surface area contributed by atoms with E-state index in [1.165, 1.54) is 23.9 Å². The van der Waals surface area contributed by atoms with Crippen LogP contribution in [0.2, 0.25) is 0 Å². The molecule has 1 fully saturated rings. The molecule has 0 saturated carbocycles. The number of nitro benzene ring substituents is 1. The molecule has 160 valence electrons. The maximum atomic E-state index is 12.5. The number of anilines is 1. The molecule has 2 aromatic carbocycles. The number of hydrogen-bond acceptors (Lipinski definition) is 7. The van der Waals surface area contributed by atoms with Crippen molar-refractivity contribution in [1.82, 2.24) is 4.90 Å². The first-order chi connectivity index (χ1) is 15.0. The zero-order chi connectivity index (χ0) is 21.8. The van der Waals surface area contributed by atoms with Crippen molar-refractivity contribution in [3.63, 3.8) is 0 Å². The van der Waals surface area contributed by atoms with Gasteiger partial charge in [-0.15, -0.1) is 0 Å². The predicted octanol–water partition coefficient (Wildman–Crippen LogP) is 3.79. The third kappa shape index (κ3) is 4.72. The summed E-state index contributed by atoms with van der Waals surface area (Å²) in [6.45, 7) is 5.42. The van der Waals surface area contributed by atoms with Gasteiger partial charge in [-0.05, 0) is 43.0 Å². The van der Waals surface area contributed by atoms with E-state index in [1.807, 2.05) is 37.3 Å². The van der Waals surface area contributed by atoms with Crippen LogP contribution >= 0.6 is 11.8 Å². The lowest BCUT2D eigenvalue weighted by atomic mass is 10.2. The van der Waals surface area contributed by atoms with Crippen molar-refractivity contribution in [2.45, 2.75) is 6.92 Å². The fraction of sp³-hybridized carbons (Fsp3) is 0.273. The van der Waals surface area contributed by atoms with Gasteiger partial charge in [0.1, 0.15) is 5.75 Å². The molecule has 0 N–H and O–H groups in total. The molecule has 8 nitrogen and oxygen atoms in total. The van der Waals surface area contributed by atoms with E-state index in [4.69, 9.17) is 4.74 Å². The van der Waals surface area contributed by atoms with Crippen molar-refractivity contribution in [2.75, 3.05) is 37.7 Å². The first-order valence-corrected chi connectivity index (χ1v) is 10.9. The number of thioether (sulfide) groups is 1. The van der Waals surface area contributed by atoms with E-state index in [0.717, 1.165) is 43.2 Å². The third-order valence-electron chi connectivity index (χ3n) is 5.09. The molecule has 4 rings (SSSR count). The molecule has 1 amide bonds. The summed E-state index contributed by atoms with van der Waals surface area (Å²) in [5, 5.41) is 11.5. The van der Waals surface area contributed by atoms with Gasteiger partial charge in [-0.3, -0.25) is 14.9 Å². The summed E-state index contributed by atoms with van der Waals surface area (Å²) in [4.78, 5) is 32.0. The SMILES string of the molecule is CCOc1ccccc1/C=C1/SC(N2CCN(c3ccc([N+](=O)[O-])cc3)CC2)=NC1=O. The number of nitro groups is 1. The minimum atomic E-state index is -0.397. The minimum absolute atomic E-state index is 0.0860. The number of carbonyl (C=O) groups is 1. The van der Waals surface area contributed by atoms with Crippen molar-refractivity contribution in [3.8, 4) is 5.75 Å². The zero-order valence-corrected chi connectivity index (χ0v) is 17.9. The highest BCUT2D eigenvalue weighted by molar-refractivity contribution is 8.18. The highest BCUT2D eigenvalue weighted by atomic mass is 32.2. The largest absolute Gasteiger partial charge is 0.493 e. The van der Waals surface area contributed by atoms with Gasteiger partial charge in [-0.1, -0.05) is 18.2 Å².